The Morgan fingerprint density at radius 1 is 1.17 bits per heavy atom. The SMILES string of the molecule is CCCC(CCC)C(=O)OCOc1ccc2c(c1)[C@]13CCCC[C@@H]1[C@@H](C2)NCC3.O=C(O)C(F)(F)F. The Bertz CT molecular complexity index is 896. The number of esters is 1. The van der Waals surface area contributed by atoms with Gasteiger partial charge in [0.1, 0.15) is 5.75 Å². The van der Waals surface area contributed by atoms with Gasteiger partial charge >= 0.3 is 18.1 Å². The van der Waals surface area contributed by atoms with Crippen LogP contribution in [0.15, 0.2) is 18.2 Å². The number of fused-ring (bicyclic) bond motifs is 1. The fourth-order valence-corrected chi connectivity index (χ4v) is 6.34. The fraction of sp³-hybridized carbons (Fsp3) is 0.704. The van der Waals surface area contributed by atoms with E-state index >= 15 is 0 Å². The zero-order chi connectivity index (χ0) is 26.3. The van der Waals surface area contributed by atoms with Crippen LogP contribution >= 0.6 is 0 Å². The van der Waals surface area contributed by atoms with Gasteiger partial charge in [-0.25, -0.2) is 4.79 Å². The number of nitrogens with one attached hydrogen (secondary N) is 1. The van der Waals surface area contributed by atoms with Gasteiger partial charge in [0, 0.05) is 11.5 Å². The second-order valence-electron chi connectivity index (χ2n) is 10.1. The van der Waals surface area contributed by atoms with Crippen LogP contribution in [0.4, 0.5) is 13.2 Å². The van der Waals surface area contributed by atoms with E-state index in [1.807, 2.05) is 0 Å². The molecule has 9 heteroatoms. The van der Waals surface area contributed by atoms with Gasteiger partial charge in [-0.2, -0.15) is 13.2 Å². The van der Waals surface area contributed by atoms with E-state index in [0.717, 1.165) is 50.3 Å². The van der Waals surface area contributed by atoms with Crippen LogP contribution in [0.2, 0.25) is 0 Å². The largest absolute Gasteiger partial charge is 0.490 e. The van der Waals surface area contributed by atoms with Crippen LogP contribution in [0, 0.1) is 11.8 Å². The lowest BCUT2D eigenvalue weighted by molar-refractivity contribution is -0.192. The highest BCUT2D eigenvalue weighted by Gasteiger charge is 2.51. The van der Waals surface area contributed by atoms with Crippen LogP contribution in [0.1, 0.15) is 82.8 Å². The Balaban J connectivity index is 0.000000454. The van der Waals surface area contributed by atoms with Gasteiger partial charge in [-0.1, -0.05) is 45.6 Å². The van der Waals surface area contributed by atoms with Crippen molar-refractivity contribution < 1.29 is 37.3 Å². The second-order valence-corrected chi connectivity index (χ2v) is 10.1. The fourth-order valence-electron chi connectivity index (χ4n) is 6.34. The van der Waals surface area contributed by atoms with Crippen molar-refractivity contribution in [2.24, 2.45) is 11.8 Å². The minimum Gasteiger partial charge on any atom is -0.475 e. The zero-order valence-electron chi connectivity index (χ0n) is 21.2. The zero-order valence-corrected chi connectivity index (χ0v) is 21.2. The second kappa shape index (κ2) is 12.3. The molecule has 1 saturated heterocycles. The summed E-state index contributed by atoms with van der Waals surface area (Å²) in [4.78, 5) is 21.3. The number of alkyl halides is 3. The van der Waals surface area contributed by atoms with Gasteiger partial charge in [0.05, 0.1) is 5.92 Å². The number of rotatable bonds is 8. The van der Waals surface area contributed by atoms with E-state index in [1.165, 1.54) is 43.2 Å². The first-order valence-electron chi connectivity index (χ1n) is 13.1. The van der Waals surface area contributed by atoms with Gasteiger partial charge < -0.3 is 19.9 Å². The van der Waals surface area contributed by atoms with Crippen molar-refractivity contribution in [1.82, 2.24) is 5.32 Å². The smallest absolute Gasteiger partial charge is 0.475 e. The molecule has 2 fully saturated rings. The normalized spacial score (nSPS) is 24.6. The molecule has 3 atom stereocenters. The third kappa shape index (κ3) is 6.52. The van der Waals surface area contributed by atoms with Crippen molar-refractivity contribution in [3.8, 4) is 5.75 Å². The Labute approximate surface area is 210 Å². The van der Waals surface area contributed by atoms with Gasteiger partial charge in [0.15, 0.2) is 0 Å². The molecule has 1 aromatic rings. The molecule has 0 amide bonds. The molecule has 0 aromatic heterocycles. The summed E-state index contributed by atoms with van der Waals surface area (Å²) < 4.78 is 43.1. The lowest BCUT2D eigenvalue weighted by Gasteiger charge is -2.56. The minimum absolute atomic E-state index is 0.00527. The van der Waals surface area contributed by atoms with E-state index in [-0.39, 0.29) is 18.7 Å². The monoisotopic (exact) mass is 513 g/mol. The number of hydrogen-bond acceptors (Lipinski definition) is 5. The molecule has 0 unspecified atom stereocenters. The van der Waals surface area contributed by atoms with Crippen molar-refractivity contribution in [3.05, 3.63) is 29.3 Å². The molecule has 3 aliphatic rings. The highest BCUT2D eigenvalue weighted by Crippen LogP contribution is 2.54. The maximum atomic E-state index is 12.4. The predicted octanol–water partition coefficient (Wildman–Crippen LogP) is 5.76. The summed E-state index contributed by atoms with van der Waals surface area (Å²) in [6.45, 7) is 5.37. The summed E-state index contributed by atoms with van der Waals surface area (Å²) in [7, 11) is 0. The van der Waals surface area contributed by atoms with Crippen LogP contribution in [-0.4, -0.2) is 42.6 Å². The standard InChI is InChI=1S/C25H37NO3.C2HF3O2/c1-3-7-18(8-4-2)24(27)29-17-28-20-11-10-19-15-23-21-9-5-6-12-25(21,13-14-26-23)22(19)16-20;3-2(4,5)1(6)7/h10-11,16,18,21,23,26H,3-9,12-15,17H2,1-2H3;(H,6,7)/t21-,23-,25+;/m1./s1. The van der Waals surface area contributed by atoms with Crippen molar-refractivity contribution in [3.63, 3.8) is 0 Å². The molecular formula is C27H38F3NO5. The molecule has 1 aromatic carbocycles. The molecule has 1 heterocycles. The maximum absolute atomic E-state index is 12.4. The van der Waals surface area contributed by atoms with E-state index in [2.05, 4.69) is 37.4 Å². The summed E-state index contributed by atoms with van der Waals surface area (Å²) in [6, 6.07) is 7.20. The molecule has 1 aliphatic heterocycles. The highest BCUT2D eigenvalue weighted by molar-refractivity contribution is 5.73. The number of carboxylic acids is 1. The third-order valence-corrected chi connectivity index (χ3v) is 7.90. The number of piperidine rings is 1. The molecule has 1 saturated carbocycles. The molecule has 2 N–H and O–H groups in total. The van der Waals surface area contributed by atoms with Gasteiger partial charge in [-0.3, -0.25) is 4.79 Å². The van der Waals surface area contributed by atoms with Gasteiger partial charge in [-0.15, -0.1) is 0 Å². The van der Waals surface area contributed by atoms with Crippen LogP contribution in [0.5, 0.6) is 5.75 Å². The number of halogens is 3. The Morgan fingerprint density at radius 2 is 1.86 bits per heavy atom. The number of aliphatic carboxylic acids is 1. The molecule has 36 heavy (non-hydrogen) atoms. The Kier molecular flexibility index (Phi) is 9.66. The van der Waals surface area contributed by atoms with E-state index in [1.54, 1.807) is 0 Å². The first-order valence-corrected chi connectivity index (χ1v) is 13.1. The third-order valence-electron chi connectivity index (χ3n) is 7.90. The lowest BCUT2D eigenvalue weighted by Crippen LogP contribution is -2.59. The average Bonchev–Trinajstić information content (AvgIpc) is 2.84. The first kappa shape index (κ1) is 28.3. The number of carbonyl (C=O) groups is 2. The summed E-state index contributed by atoms with van der Waals surface area (Å²) in [6.07, 6.45) is 6.42. The van der Waals surface area contributed by atoms with E-state index in [4.69, 9.17) is 19.4 Å². The summed E-state index contributed by atoms with van der Waals surface area (Å²) in [5.41, 5.74) is 3.32. The lowest BCUT2D eigenvalue weighted by atomic mass is 9.53. The number of carbonyl (C=O) groups excluding carboxylic acids is 1. The maximum Gasteiger partial charge on any atom is 0.490 e. The van der Waals surface area contributed by atoms with Crippen LogP contribution in [-0.2, 0) is 26.2 Å². The summed E-state index contributed by atoms with van der Waals surface area (Å²) in [5, 5.41) is 10.9. The van der Waals surface area contributed by atoms with E-state index in [9.17, 15) is 18.0 Å². The van der Waals surface area contributed by atoms with Crippen LogP contribution in [0.3, 0.4) is 0 Å². The summed E-state index contributed by atoms with van der Waals surface area (Å²) >= 11 is 0. The quantitative estimate of drug-likeness (QED) is 0.340. The topological polar surface area (TPSA) is 84.9 Å². The molecule has 2 bridgehead atoms. The van der Waals surface area contributed by atoms with Gasteiger partial charge in [0.25, 0.3) is 0 Å². The Morgan fingerprint density at radius 3 is 2.50 bits per heavy atom. The van der Waals surface area contributed by atoms with Crippen LogP contribution in [0.25, 0.3) is 0 Å². The van der Waals surface area contributed by atoms with Gasteiger partial charge in [-0.05, 0) is 74.2 Å². The van der Waals surface area contributed by atoms with Crippen molar-refractivity contribution in [2.75, 3.05) is 13.3 Å². The Hall–Kier alpha value is -2.29. The molecule has 2 aliphatic carbocycles. The molecule has 202 valence electrons. The molecule has 0 spiro atoms. The van der Waals surface area contributed by atoms with Gasteiger partial charge in [0.2, 0.25) is 6.79 Å². The molecular weight excluding hydrogens is 475 g/mol. The van der Waals surface area contributed by atoms with Crippen molar-refractivity contribution >= 4 is 11.9 Å². The number of ether oxygens (including phenoxy) is 2. The number of benzene rings is 1. The van der Waals surface area contributed by atoms with E-state index < -0.39 is 12.1 Å². The average molecular weight is 514 g/mol. The minimum atomic E-state index is -5.08. The molecule has 4 rings (SSSR count). The van der Waals surface area contributed by atoms with Crippen molar-refractivity contribution in [2.45, 2.75) is 95.7 Å². The molecule has 0 radical (unpaired) electrons. The molecule has 6 nitrogen and oxygen atoms in total. The number of carboxylic acid groups (broad SMARTS) is 1. The predicted molar refractivity (Wildman–Crippen MR) is 129 cm³/mol. The summed E-state index contributed by atoms with van der Waals surface area (Å²) in [5.74, 6) is -1.26. The van der Waals surface area contributed by atoms with Crippen molar-refractivity contribution in [1.29, 1.82) is 0 Å². The van der Waals surface area contributed by atoms with Crippen LogP contribution < -0.4 is 10.1 Å². The van der Waals surface area contributed by atoms with E-state index in [0.29, 0.717) is 11.5 Å². The first-order chi connectivity index (χ1) is 17.1. The number of hydrogen-bond donors (Lipinski definition) is 2. The highest BCUT2D eigenvalue weighted by atomic mass is 19.4.